The molecule has 1 unspecified atom stereocenters. The summed E-state index contributed by atoms with van der Waals surface area (Å²) in [5, 5.41) is 8.98. The number of nitrogens with zero attached hydrogens (tertiary/aromatic N) is 1. The maximum absolute atomic E-state index is 13.1. The second-order valence-electron chi connectivity index (χ2n) is 4.66. The molecule has 4 nitrogen and oxygen atoms in total. The Hall–Kier alpha value is -1.08. The van der Waals surface area contributed by atoms with Crippen molar-refractivity contribution in [3.63, 3.8) is 0 Å². The van der Waals surface area contributed by atoms with E-state index in [1.54, 1.807) is 7.11 Å². The maximum Gasteiger partial charge on any atom is 0.126 e. The molecule has 0 saturated heterocycles. The number of halogens is 2. The van der Waals surface area contributed by atoms with Crippen LogP contribution in [-0.2, 0) is 4.74 Å². The van der Waals surface area contributed by atoms with Gasteiger partial charge < -0.3 is 15.6 Å². The summed E-state index contributed by atoms with van der Waals surface area (Å²) < 4.78 is 31.2. The fourth-order valence-electron chi connectivity index (χ4n) is 1.97. The Balaban J connectivity index is 2.53. The van der Waals surface area contributed by atoms with E-state index in [-0.39, 0.29) is 6.61 Å². The Bertz CT molecular complexity index is 385. The molecule has 0 aliphatic carbocycles. The largest absolute Gasteiger partial charge is 0.395 e. The van der Waals surface area contributed by atoms with E-state index in [9.17, 15) is 8.78 Å². The highest BCUT2D eigenvalue weighted by Crippen LogP contribution is 2.17. The molecule has 0 aliphatic rings. The van der Waals surface area contributed by atoms with E-state index in [0.717, 1.165) is 6.07 Å². The lowest BCUT2D eigenvalue weighted by molar-refractivity contribution is 0.128. The highest BCUT2D eigenvalue weighted by atomic mass is 19.1. The van der Waals surface area contributed by atoms with Gasteiger partial charge in [0, 0.05) is 38.9 Å². The molecule has 1 aromatic rings. The molecule has 0 radical (unpaired) electrons. The summed E-state index contributed by atoms with van der Waals surface area (Å²) in [7, 11) is 1.61. The van der Waals surface area contributed by atoms with Crippen molar-refractivity contribution in [3.8, 4) is 0 Å². The van der Waals surface area contributed by atoms with Crippen LogP contribution in [0.5, 0.6) is 0 Å². The van der Waals surface area contributed by atoms with Crippen molar-refractivity contribution in [3.05, 3.63) is 35.4 Å². The summed E-state index contributed by atoms with van der Waals surface area (Å²) in [6, 6.07) is 2.88. The molecule has 0 aliphatic heterocycles. The smallest absolute Gasteiger partial charge is 0.126 e. The van der Waals surface area contributed by atoms with Gasteiger partial charge in [-0.3, -0.25) is 4.90 Å². The number of hydrogen-bond acceptors (Lipinski definition) is 4. The van der Waals surface area contributed by atoms with Gasteiger partial charge in [-0.25, -0.2) is 8.78 Å². The van der Waals surface area contributed by atoms with Gasteiger partial charge >= 0.3 is 0 Å². The third-order valence-electron chi connectivity index (χ3n) is 3.10. The van der Waals surface area contributed by atoms with Crippen molar-refractivity contribution in [2.24, 2.45) is 5.73 Å². The van der Waals surface area contributed by atoms with Crippen LogP contribution in [0.1, 0.15) is 18.0 Å². The molecule has 20 heavy (non-hydrogen) atoms. The predicted octanol–water partition coefficient (Wildman–Crippen LogP) is 1.30. The lowest BCUT2D eigenvalue weighted by Gasteiger charge is -2.23. The first kappa shape index (κ1) is 17.0. The summed E-state index contributed by atoms with van der Waals surface area (Å²) in [6.07, 6.45) is 0.548. The third-order valence-corrected chi connectivity index (χ3v) is 3.10. The fraction of sp³-hybridized carbons (Fsp3) is 0.571. The first-order chi connectivity index (χ1) is 9.56. The summed E-state index contributed by atoms with van der Waals surface area (Å²) in [6.45, 7) is 2.44. The summed E-state index contributed by atoms with van der Waals surface area (Å²) in [5.41, 5.74) is 6.39. The Morgan fingerprint density at radius 3 is 2.40 bits per heavy atom. The zero-order valence-electron chi connectivity index (χ0n) is 11.7. The van der Waals surface area contributed by atoms with Crippen molar-refractivity contribution in [2.45, 2.75) is 12.5 Å². The number of aliphatic hydroxyl groups is 1. The van der Waals surface area contributed by atoms with Crippen LogP contribution < -0.4 is 5.73 Å². The molecular formula is C14H22F2N2O2. The average molecular weight is 288 g/mol. The Morgan fingerprint density at radius 1 is 1.20 bits per heavy atom. The highest BCUT2D eigenvalue weighted by molar-refractivity contribution is 5.21. The fourth-order valence-corrected chi connectivity index (χ4v) is 1.97. The van der Waals surface area contributed by atoms with Crippen LogP contribution in [0, 0.1) is 11.6 Å². The van der Waals surface area contributed by atoms with E-state index in [4.69, 9.17) is 15.6 Å². The zero-order chi connectivity index (χ0) is 15.0. The molecule has 114 valence electrons. The van der Waals surface area contributed by atoms with Crippen LogP contribution in [0.4, 0.5) is 8.78 Å². The Kier molecular flexibility index (Phi) is 7.61. The molecule has 0 amide bonds. The molecule has 1 atom stereocenters. The van der Waals surface area contributed by atoms with Gasteiger partial charge in [0.15, 0.2) is 0 Å². The van der Waals surface area contributed by atoms with Crippen molar-refractivity contribution in [1.82, 2.24) is 4.90 Å². The number of aliphatic hydroxyl groups excluding tert-OH is 1. The normalized spacial score (nSPS) is 12.9. The van der Waals surface area contributed by atoms with Gasteiger partial charge in [0.2, 0.25) is 0 Å². The van der Waals surface area contributed by atoms with Crippen LogP contribution >= 0.6 is 0 Å². The van der Waals surface area contributed by atoms with Gasteiger partial charge in [-0.05, 0) is 24.1 Å². The van der Waals surface area contributed by atoms with Crippen molar-refractivity contribution < 1.29 is 18.6 Å². The van der Waals surface area contributed by atoms with E-state index in [2.05, 4.69) is 0 Å². The Morgan fingerprint density at radius 2 is 1.85 bits per heavy atom. The second kappa shape index (κ2) is 8.97. The van der Waals surface area contributed by atoms with Crippen LogP contribution in [0.2, 0.25) is 0 Å². The molecule has 3 N–H and O–H groups in total. The lowest BCUT2D eigenvalue weighted by Crippen LogP contribution is -2.33. The molecule has 1 aromatic carbocycles. The SMILES string of the molecule is COCCN(CCO)CCC(N)c1cc(F)cc(F)c1. The average Bonchev–Trinajstić information content (AvgIpc) is 2.40. The van der Waals surface area contributed by atoms with Crippen molar-refractivity contribution in [1.29, 1.82) is 0 Å². The molecule has 1 rings (SSSR count). The molecule has 0 spiro atoms. The van der Waals surface area contributed by atoms with E-state index in [0.29, 0.717) is 38.2 Å². The maximum atomic E-state index is 13.1. The monoisotopic (exact) mass is 288 g/mol. The highest BCUT2D eigenvalue weighted by Gasteiger charge is 2.12. The Labute approximate surface area is 118 Å². The molecule has 0 aromatic heterocycles. The molecule has 0 saturated carbocycles. The third kappa shape index (κ3) is 5.92. The zero-order valence-corrected chi connectivity index (χ0v) is 11.7. The number of benzene rings is 1. The van der Waals surface area contributed by atoms with E-state index < -0.39 is 17.7 Å². The number of hydrogen-bond donors (Lipinski definition) is 2. The predicted molar refractivity (Wildman–Crippen MR) is 73.3 cm³/mol. The standard InChI is InChI=1S/C14H22F2N2O2/c1-20-7-5-18(4-6-19)3-2-14(17)11-8-12(15)10-13(16)9-11/h8-10,14,19H,2-7,17H2,1H3. The lowest BCUT2D eigenvalue weighted by atomic mass is 10.0. The summed E-state index contributed by atoms with van der Waals surface area (Å²) in [5.74, 6) is -1.25. The van der Waals surface area contributed by atoms with E-state index in [1.165, 1.54) is 12.1 Å². The number of nitrogens with two attached hydrogens (primary N) is 1. The van der Waals surface area contributed by atoms with Crippen LogP contribution in [-0.4, -0.2) is 50.0 Å². The van der Waals surface area contributed by atoms with Gasteiger partial charge in [-0.2, -0.15) is 0 Å². The molecule has 6 heteroatoms. The van der Waals surface area contributed by atoms with Crippen LogP contribution in [0.25, 0.3) is 0 Å². The molecule has 0 fully saturated rings. The quantitative estimate of drug-likeness (QED) is 0.719. The van der Waals surface area contributed by atoms with Gasteiger partial charge in [-0.1, -0.05) is 0 Å². The number of ether oxygens (including phenoxy) is 1. The minimum absolute atomic E-state index is 0.0492. The van der Waals surface area contributed by atoms with Gasteiger partial charge in [0.25, 0.3) is 0 Å². The summed E-state index contributed by atoms with van der Waals surface area (Å²) >= 11 is 0. The van der Waals surface area contributed by atoms with Gasteiger partial charge in [-0.15, -0.1) is 0 Å². The molecular weight excluding hydrogens is 266 g/mol. The van der Waals surface area contributed by atoms with Crippen LogP contribution in [0.3, 0.4) is 0 Å². The number of rotatable bonds is 9. The second-order valence-corrected chi connectivity index (χ2v) is 4.66. The minimum atomic E-state index is -0.623. The first-order valence-electron chi connectivity index (χ1n) is 6.60. The number of methoxy groups -OCH3 is 1. The van der Waals surface area contributed by atoms with Crippen molar-refractivity contribution >= 4 is 0 Å². The van der Waals surface area contributed by atoms with Crippen molar-refractivity contribution in [2.75, 3.05) is 40.0 Å². The van der Waals surface area contributed by atoms with E-state index in [1.807, 2.05) is 4.90 Å². The topological polar surface area (TPSA) is 58.7 Å². The van der Waals surface area contributed by atoms with Crippen LogP contribution in [0.15, 0.2) is 18.2 Å². The minimum Gasteiger partial charge on any atom is -0.395 e. The van der Waals surface area contributed by atoms with E-state index >= 15 is 0 Å². The summed E-state index contributed by atoms with van der Waals surface area (Å²) in [4.78, 5) is 2.00. The molecule has 0 heterocycles. The molecule has 0 bridgehead atoms. The van der Waals surface area contributed by atoms with Gasteiger partial charge in [0.1, 0.15) is 11.6 Å². The first-order valence-corrected chi connectivity index (χ1v) is 6.60. The van der Waals surface area contributed by atoms with Gasteiger partial charge in [0.05, 0.1) is 13.2 Å².